The predicted octanol–water partition coefficient (Wildman–Crippen LogP) is 1.89. The number of hydrogen-bond acceptors (Lipinski definition) is 3. The van der Waals surface area contributed by atoms with Gasteiger partial charge in [-0.1, -0.05) is 38.1 Å². The third-order valence-electron chi connectivity index (χ3n) is 4.22. The van der Waals surface area contributed by atoms with Gasteiger partial charge in [0.15, 0.2) is 0 Å². The maximum atomic E-state index is 5.70. The monoisotopic (exact) mass is 261 g/mol. The van der Waals surface area contributed by atoms with Crippen molar-refractivity contribution in [2.24, 2.45) is 5.73 Å². The van der Waals surface area contributed by atoms with Crippen LogP contribution in [-0.2, 0) is 6.54 Å². The second-order valence-corrected chi connectivity index (χ2v) is 5.59. The molecule has 2 N–H and O–H groups in total. The Balaban J connectivity index is 1.86. The first-order valence-electron chi connectivity index (χ1n) is 7.46. The first-order chi connectivity index (χ1) is 9.22. The number of hydrogen-bond donors (Lipinski definition) is 1. The van der Waals surface area contributed by atoms with E-state index in [-0.39, 0.29) is 0 Å². The molecule has 1 aromatic carbocycles. The summed E-state index contributed by atoms with van der Waals surface area (Å²) in [6, 6.07) is 8.98. The molecule has 3 heteroatoms. The van der Waals surface area contributed by atoms with Gasteiger partial charge in [0.1, 0.15) is 0 Å². The van der Waals surface area contributed by atoms with E-state index >= 15 is 0 Å². The molecule has 0 radical (unpaired) electrons. The van der Waals surface area contributed by atoms with Crippen LogP contribution in [0, 0.1) is 0 Å². The van der Waals surface area contributed by atoms with Gasteiger partial charge in [-0.25, -0.2) is 0 Å². The van der Waals surface area contributed by atoms with Gasteiger partial charge in [-0.15, -0.1) is 0 Å². The van der Waals surface area contributed by atoms with Crippen LogP contribution >= 0.6 is 0 Å². The van der Waals surface area contributed by atoms with E-state index in [2.05, 4.69) is 47.9 Å². The van der Waals surface area contributed by atoms with Crippen molar-refractivity contribution in [3.05, 3.63) is 35.4 Å². The van der Waals surface area contributed by atoms with Gasteiger partial charge in [-0.05, 0) is 30.1 Å². The number of likely N-dealkylation sites (N-methyl/N-ethyl adjacent to an activating group) is 1. The van der Waals surface area contributed by atoms with E-state index in [1.165, 1.54) is 43.9 Å². The molecule has 1 aliphatic heterocycles. The van der Waals surface area contributed by atoms with E-state index in [1.807, 2.05) is 0 Å². The quantitative estimate of drug-likeness (QED) is 0.878. The van der Waals surface area contributed by atoms with Crippen molar-refractivity contribution in [3.63, 3.8) is 0 Å². The van der Waals surface area contributed by atoms with Gasteiger partial charge in [-0.2, -0.15) is 0 Å². The number of piperazine rings is 1. The Hall–Kier alpha value is -0.900. The zero-order valence-electron chi connectivity index (χ0n) is 12.3. The third-order valence-corrected chi connectivity index (χ3v) is 4.22. The molecule has 0 bridgehead atoms. The summed E-state index contributed by atoms with van der Waals surface area (Å²) >= 11 is 0. The van der Waals surface area contributed by atoms with Gasteiger partial charge in [0, 0.05) is 32.7 Å². The van der Waals surface area contributed by atoms with Crippen LogP contribution in [0.3, 0.4) is 0 Å². The Morgan fingerprint density at radius 2 is 1.63 bits per heavy atom. The Bertz CT molecular complexity index is 366. The smallest absolute Gasteiger partial charge is 0.0234 e. The van der Waals surface area contributed by atoms with E-state index in [0.717, 1.165) is 13.1 Å². The Labute approximate surface area is 117 Å². The Morgan fingerprint density at radius 3 is 2.16 bits per heavy atom. The molecule has 1 atom stereocenters. The molecule has 0 amide bonds. The minimum atomic E-state index is 0.460. The average Bonchev–Trinajstić information content (AvgIpc) is 2.48. The molecule has 19 heavy (non-hydrogen) atoms. The molecular weight excluding hydrogens is 234 g/mol. The Morgan fingerprint density at radius 1 is 1.05 bits per heavy atom. The van der Waals surface area contributed by atoms with Crippen LogP contribution in [0.4, 0.5) is 0 Å². The maximum Gasteiger partial charge on any atom is 0.0234 e. The van der Waals surface area contributed by atoms with Crippen molar-refractivity contribution < 1.29 is 0 Å². The second-order valence-electron chi connectivity index (χ2n) is 5.59. The minimum Gasteiger partial charge on any atom is -0.330 e. The van der Waals surface area contributed by atoms with Gasteiger partial charge < -0.3 is 10.6 Å². The molecule has 1 unspecified atom stereocenters. The highest BCUT2D eigenvalue weighted by atomic mass is 15.3. The lowest BCUT2D eigenvalue weighted by molar-refractivity contribution is 0.132. The summed E-state index contributed by atoms with van der Waals surface area (Å²) in [5, 5.41) is 0. The van der Waals surface area contributed by atoms with Crippen molar-refractivity contribution >= 4 is 0 Å². The van der Waals surface area contributed by atoms with Crippen LogP contribution in [-0.4, -0.2) is 49.1 Å². The van der Waals surface area contributed by atoms with Crippen molar-refractivity contribution in [2.75, 3.05) is 39.3 Å². The van der Waals surface area contributed by atoms with Gasteiger partial charge in [0.25, 0.3) is 0 Å². The highest BCUT2D eigenvalue weighted by molar-refractivity contribution is 5.25. The summed E-state index contributed by atoms with van der Waals surface area (Å²) in [5.74, 6) is 0.460. The molecule has 0 saturated carbocycles. The summed E-state index contributed by atoms with van der Waals surface area (Å²) in [4.78, 5) is 5.07. The molecule has 3 nitrogen and oxygen atoms in total. The molecule has 0 spiro atoms. The highest BCUT2D eigenvalue weighted by Gasteiger charge is 2.15. The first kappa shape index (κ1) is 14.5. The molecule has 1 fully saturated rings. The minimum absolute atomic E-state index is 0.460. The number of nitrogens with zero attached hydrogens (tertiary/aromatic N) is 2. The second kappa shape index (κ2) is 7.04. The SMILES string of the molecule is CCN1CCN(Cc2ccc(C(C)CN)cc2)CC1. The summed E-state index contributed by atoms with van der Waals surface area (Å²) in [6.45, 7) is 12.2. The van der Waals surface area contributed by atoms with E-state index < -0.39 is 0 Å². The van der Waals surface area contributed by atoms with Crippen molar-refractivity contribution in [1.82, 2.24) is 9.80 Å². The number of benzene rings is 1. The largest absolute Gasteiger partial charge is 0.330 e. The maximum absolute atomic E-state index is 5.70. The van der Waals surface area contributed by atoms with E-state index in [9.17, 15) is 0 Å². The van der Waals surface area contributed by atoms with Crippen LogP contribution in [0.2, 0.25) is 0 Å². The molecule has 1 aliphatic rings. The summed E-state index contributed by atoms with van der Waals surface area (Å²) < 4.78 is 0. The van der Waals surface area contributed by atoms with Gasteiger partial charge >= 0.3 is 0 Å². The molecule has 2 rings (SSSR count). The van der Waals surface area contributed by atoms with Gasteiger partial charge in [-0.3, -0.25) is 4.90 Å². The third kappa shape index (κ3) is 4.03. The predicted molar refractivity (Wildman–Crippen MR) is 81.3 cm³/mol. The van der Waals surface area contributed by atoms with Gasteiger partial charge in [0.05, 0.1) is 0 Å². The average molecular weight is 261 g/mol. The molecule has 0 aliphatic carbocycles. The molecule has 106 valence electrons. The summed E-state index contributed by atoms with van der Waals surface area (Å²) in [6.07, 6.45) is 0. The number of rotatable bonds is 5. The van der Waals surface area contributed by atoms with Crippen LogP contribution in [0.15, 0.2) is 24.3 Å². The molecule has 1 aromatic rings. The fraction of sp³-hybridized carbons (Fsp3) is 0.625. The van der Waals surface area contributed by atoms with Crippen molar-refractivity contribution in [3.8, 4) is 0 Å². The molecule has 0 aromatic heterocycles. The molecule has 1 saturated heterocycles. The van der Waals surface area contributed by atoms with Crippen LogP contribution in [0.25, 0.3) is 0 Å². The summed E-state index contributed by atoms with van der Waals surface area (Å²) in [7, 11) is 0. The standard InChI is InChI=1S/C16H27N3/c1-3-18-8-10-19(11-9-18)13-15-4-6-16(7-5-15)14(2)12-17/h4-7,14H,3,8-13,17H2,1-2H3. The lowest BCUT2D eigenvalue weighted by Gasteiger charge is -2.34. The fourth-order valence-corrected chi connectivity index (χ4v) is 2.61. The Kier molecular flexibility index (Phi) is 5.37. The summed E-state index contributed by atoms with van der Waals surface area (Å²) in [5.41, 5.74) is 8.47. The normalized spacial score (nSPS) is 19.5. The van der Waals surface area contributed by atoms with Crippen LogP contribution in [0.1, 0.15) is 30.9 Å². The first-order valence-corrected chi connectivity index (χ1v) is 7.46. The fourth-order valence-electron chi connectivity index (χ4n) is 2.61. The van der Waals surface area contributed by atoms with Crippen LogP contribution < -0.4 is 5.73 Å². The highest BCUT2D eigenvalue weighted by Crippen LogP contribution is 2.16. The zero-order valence-corrected chi connectivity index (χ0v) is 12.3. The van der Waals surface area contributed by atoms with Gasteiger partial charge in [0.2, 0.25) is 0 Å². The molecule has 1 heterocycles. The van der Waals surface area contributed by atoms with Crippen LogP contribution in [0.5, 0.6) is 0 Å². The van der Waals surface area contributed by atoms with Crippen molar-refractivity contribution in [2.45, 2.75) is 26.3 Å². The topological polar surface area (TPSA) is 32.5 Å². The van der Waals surface area contributed by atoms with E-state index in [1.54, 1.807) is 0 Å². The van der Waals surface area contributed by atoms with Crippen molar-refractivity contribution in [1.29, 1.82) is 0 Å². The van der Waals surface area contributed by atoms with E-state index in [4.69, 9.17) is 5.73 Å². The number of nitrogens with two attached hydrogens (primary N) is 1. The lowest BCUT2D eigenvalue weighted by Crippen LogP contribution is -2.45. The lowest BCUT2D eigenvalue weighted by atomic mass is 10.00. The molecular formula is C16H27N3. The van der Waals surface area contributed by atoms with E-state index in [0.29, 0.717) is 5.92 Å². The zero-order chi connectivity index (χ0) is 13.7.